The molecule has 0 aliphatic carbocycles. The predicted octanol–water partition coefficient (Wildman–Crippen LogP) is 2.15. The molecule has 8 heteroatoms. The van der Waals surface area contributed by atoms with Gasteiger partial charge in [0.05, 0.1) is 10.2 Å². The minimum absolute atomic E-state index is 0.162. The first kappa shape index (κ1) is 18.2. The van der Waals surface area contributed by atoms with Crippen LogP contribution in [0.3, 0.4) is 0 Å². The van der Waals surface area contributed by atoms with Crippen LogP contribution in [-0.2, 0) is 14.3 Å². The number of esters is 1. The average molecular weight is 444 g/mol. The molecule has 0 radical (unpaired) electrons. The van der Waals surface area contributed by atoms with Crippen LogP contribution in [0.25, 0.3) is 6.08 Å². The number of nitrogens with zero attached hydrogens (tertiary/aromatic N) is 1. The maximum atomic E-state index is 12.0. The first-order valence-electron chi connectivity index (χ1n) is 7.38. The van der Waals surface area contributed by atoms with Crippen LogP contribution in [-0.4, -0.2) is 42.6 Å². The number of ether oxygens (including phenoxy) is 2. The van der Waals surface area contributed by atoms with Gasteiger partial charge in [0.25, 0.3) is 5.91 Å². The first-order chi connectivity index (χ1) is 11.5. The van der Waals surface area contributed by atoms with Crippen LogP contribution in [0.4, 0.5) is 4.79 Å². The molecule has 0 aromatic heterocycles. The number of amides is 3. The normalized spacial score (nSPS) is 15.6. The van der Waals surface area contributed by atoms with Crippen molar-refractivity contribution in [2.24, 2.45) is 0 Å². The number of urea groups is 1. The summed E-state index contributed by atoms with van der Waals surface area (Å²) in [6.45, 7) is 3.93. The highest BCUT2D eigenvalue weighted by atomic mass is 127. The monoisotopic (exact) mass is 444 g/mol. The molecule has 0 spiro atoms. The molecule has 0 bridgehead atoms. The fourth-order valence-corrected chi connectivity index (χ4v) is 2.78. The molecule has 1 aromatic rings. The number of halogens is 1. The largest absolute Gasteiger partial charge is 0.481 e. The molecule has 24 heavy (non-hydrogen) atoms. The molecule has 2 rings (SSSR count). The molecule has 7 nitrogen and oxygen atoms in total. The molecule has 3 amide bonds. The van der Waals surface area contributed by atoms with E-state index in [0.29, 0.717) is 18.9 Å². The zero-order valence-electron chi connectivity index (χ0n) is 13.3. The van der Waals surface area contributed by atoms with E-state index in [0.717, 1.165) is 14.0 Å². The van der Waals surface area contributed by atoms with Crippen LogP contribution in [0.1, 0.15) is 19.4 Å². The Morgan fingerprint density at radius 3 is 2.67 bits per heavy atom. The molecule has 1 heterocycles. The van der Waals surface area contributed by atoms with Crippen LogP contribution in [0.2, 0.25) is 0 Å². The van der Waals surface area contributed by atoms with E-state index in [9.17, 15) is 14.4 Å². The Labute approximate surface area is 153 Å². The molecule has 128 valence electrons. The molecule has 1 aliphatic rings. The van der Waals surface area contributed by atoms with E-state index in [1.54, 1.807) is 38.1 Å². The second kappa shape index (κ2) is 8.13. The SMILES string of the molecule is CCOC(=O)COc1ccc(/C=C2/NC(=O)N(CC)C2=O)cc1I. The van der Waals surface area contributed by atoms with Crippen molar-refractivity contribution in [3.8, 4) is 5.75 Å². The van der Waals surface area contributed by atoms with Gasteiger partial charge < -0.3 is 14.8 Å². The topological polar surface area (TPSA) is 84.9 Å². The number of likely N-dealkylation sites (N-methyl/N-ethyl adjacent to an activating group) is 1. The van der Waals surface area contributed by atoms with Gasteiger partial charge in [0.1, 0.15) is 11.4 Å². The van der Waals surface area contributed by atoms with Crippen molar-refractivity contribution >= 4 is 46.6 Å². The third-order valence-corrected chi connectivity index (χ3v) is 4.04. The second-order valence-electron chi connectivity index (χ2n) is 4.82. The molecule has 0 atom stereocenters. The van der Waals surface area contributed by atoms with E-state index < -0.39 is 12.0 Å². The van der Waals surface area contributed by atoms with E-state index in [2.05, 4.69) is 27.9 Å². The predicted molar refractivity (Wildman–Crippen MR) is 95.2 cm³/mol. The lowest BCUT2D eigenvalue weighted by molar-refractivity contribution is -0.145. The summed E-state index contributed by atoms with van der Waals surface area (Å²) in [7, 11) is 0. The van der Waals surface area contributed by atoms with E-state index in [1.807, 2.05) is 0 Å². The van der Waals surface area contributed by atoms with E-state index in [1.165, 1.54) is 0 Å². The van der Waals surface area contributed by atoms with Crippen molar-refractivity contribution in [1.29, 1.82) is 0 Å². The summed E-state index contributed by atoms with van der Waals surface area (Å²) in [4.78, 5) is 36.1. The summed E-state index contributed by atoms with van der Waals surface area (Å²) in [5, 5.41) is 2.55. The minimum Gasteiger partial charge on any atom is -0.481 e. The molecule has 1 N–H and O–H groups in total. The van der Waals surface area contributed by atoms with Crippen molar-refractivity contribution in [1.82, 2.24) is 10.2 Å². The molecule has 1 aliphatic heterocycles. The van der Waals surface area contributed by atoms with Crippen molar-refractivity contribution in [3.05, 3.63) is 33.0 Å². The number of benzene rings is 1. The smallest absolute Gasteiger partial charge is 0.344 e. The fraction of sp³-hybridized carbons (Fsp3) is 0.312. The quantitative estimate of drug-likeness (QED) is 0.315. The zero-order chi connectivity index (χ0) is 17.7. The second-order valence-corrected chi connectivity index (χ2v) is 5.98. The Morgan fingerprint density at radius 2 is 2.08 bits per heavy atom. The van der Waals surface area contributed by atoms with Gasteiger partial charge in [-0.3, -0.25) is 9.69 Å². The highest BCUT2D eigenvalue weighted by molar-refractivity contribution is 14.1. The fourth-order valence-electron chi connectivity index (χ4n) is 2.09. The number of carbonyl (C=O) groups is 3. The van der Waals surface area contributed by atoms with E-state index in [-0.39, 0.29) is 18.2 Å². The molecule has 1 fully saturated rings. The standard InChI is InChI=1S/C16H17IN2O5/c1-3-19-15(21)12(18-16(19)22)8-10-5-6-13(11(17)7-10)24-9-14(20)23-4-2/h5-8H,3-4,9H2,1-2H3,(H,18,22)/b12-8+. The maximum absolute atomic E-state index is 12.0. The van der Waals surface area contributed by atoms with Crippen LogP contribution >= 0.6 is 22.6 Å². The van der Waals surface area contributed by atoms with Gasteiger partial charge in [-0.1, -0.05) is 6.07 Å². The molecule has 1 saturated heterocycles. The molecule has 0 unspecified atom stereocenters. The van der Waals surface area contributed by atoms with Gasteiger partial charge in [-0.05, 0) is 60.2 Å². The lowest BCUT2D eigenvalue weighted by Gasteiger charge is -2.08. The van der Waals surface area contributed by atoms with Crippen LogP contribution in [0.15, 0.2) is 23.9 Å². The maximum Gasteiger partial charge on any atom is 0.344 e. The summed E-state index contributed by atoms with van der Waals surface area (Å²) in [5.41, 5.74) is 0.974. The van der Waals surface area contributed by atoms with Crippen molar-refractivity contribution in [3.63, 3.8) is 0 Å². The third kappa shape index (κ3) is 4.25. The third-order valence-electron chi connectivity index (χ3n) is 3.20. The van der Waals surface area contributed by atoms with Crippen molar-refractivity contribution in [2.75, 3.05) is 19.8 Å². The molecule has 0 saturated carbocycles. The van der Waals surface area contributed by atoms with Crippen LogP contribution < -0.4 is 10.1 Å². The van der Waals surface area contributed by atoms with Crippen LogP contribution in [0.5, 0.6) is 5.75 Å². The Hall–Kier alpha value is -2.10. The van der Waals surface area contributed by atoms with Crippen molar-refractivity contribution < 1.29 is 23.9 Å². The summed E-state index contributed by atoms with van der Waals surface area (Å²) in [6, 6.07) is 4.82. The number of imide groups is 1. The number of rotatable bonds is 6. The first-order valence-corrected chi connectivity index (χ1v) is 8.46. The summed E-state index contributed by atoms with van der Waals surface area (Å²) in [6.07, 6.45) is 1.60. The Morgan fingerprint density at radius 1 is 1.33 bits per heavy atom. The molecule has 1 aromatic carbocycles. The van der Waals surface area contributed by atoms with Gasteiger partial charge in [-0.15, -0.1) is 0 Å². The van der Waals surface area contributed by atoms with Gasteiger partial charge in [-0.2, -0.15) is 0 Å². The number of hydrogen-bond donors (Lipinski definition) is 1. The minimum atomic E-state index is -0.432. The number of hydrogen-bond acceptors (Lipinski definition) is 5. The van der Waals surface area contributed by atoms with E-state index in [4.69, 9.17) is 9.47 Å². The van der Waals surface area contributed by atoms with E-state index >= 15 is 0 Å². The summed E-state index contributed by atoms with van der Waals surface area (Å²) < 4.78 is 11.0. The average Bonchev–Trinajstić information content (AvgIpc) is 2.80. The Bertz CT molecular complexity index is 702. The summed E-state index contributed by atoms with van der Waals surface area (Å²) in [5.74, 6) is -0.235. The van der Waals surface area contributed by atoms with Gasteiger partial charge >= 0.3 is 12.0 Å². The van der Waals surface area contributed by atoms with Gasteiger partial charge in [0.2, 0.25) is 0 Å². The molecular formula is C16H17IN2O5. The highest BCUT2D eigenvalue weighted by Gasteiger charge is 2.31. The Kier molecular flexibility index (Phi) is 6.18. The molecular weight excluding hydrogens is 427 g/mol. The lowest BCUT2D eigenvalue weighted by Crippen LogP contribution is -2.30. The summed E-state index contributed by atoms with van der Waals surface area (Å²) >= 11 is 2.07. The van der Waals surface area contributed by atoms with Crippen molar-refractivity contribution in [2.45, 2.75) is 13.8 Å². The lowest BCUT2D eigenvalue weighted by atomic mass is 10.2. The highest BCUT2D eigenvalue weighted by Crippen LogP contribution is 2.24. The zero-order valence-corrected chi connectivity index (χ0v) is 15.5. The van der Waals surface area contributed by atoms with Gasteiger partial charge in [0, 0.05) is 6.54 Å². The number of nitrogens with one attached hydrogen (secondary N) is 1. The van der Waals surface area contributed by atoms with Gasteiger partial charge in [-0.25, -0.2) is 9.59 Å². The number of carbonyl (C=O) groups excluding carboxylic acids is 3. The van der Waals surface area contributed by atoms with Crippen LogP contribution in [0, 0.1) is 3.57 Å². The Balaban J connectivity index is 2.10. The van der Waals surface area contributed by atoms with Gasteiger partial charge in [0.15, 0.2) is 6.61 Å².